The van der Waals surface area contributed by atoms with E-state index in [2.05, 4.69) is 6.92 Å². The summed E-state index contributed by atoms with van der Waals surface area (Å²) in [5.74, 6) is -0.129. The molecule has 0 spiro atoms. The summed E-state index contributed by atoms with van der Waals surface area (Å²) in [5.41, 5.74) is -0.262. The van der Waals surface area contributed by atoms with Crippen molar-refractivity contribution in [1.29, 1.82) is 0 Å². The maximum atomic E-state index is 10.9. The molecule has 0 rings (SSSR count). The summed E-state index contributed by atoms with van der Waals surface area (Å²) in [4.78, 5) is 10.9. The van der Waals surface area contributed by atoms with Crippen LogP contribution < -0.4 is 0 Å². The van der Waals surface area contributed by atoms with Crippen LogP contribution >= 0.6 is 0 Å². The first kappa shape index (κ1) is 11.6. The Labute approximate surface area is 75.0 Å². The Balaban J connectivity index is 4.08. The van der Waals surface area contributed by atoms with E-state index in [4.69, 9.17) is 0 Å². The molecule has 1 N–H and O–H groups in total. The van der Waals surface area contributed by atoms with Gasteiger partial charge in [-0.05, 0) is 18.8 Å². The molecule has 1 atom stereocenters. The Bertz CT molecular complexity index is 150. The molecular weight excluding hydrogens is 152 g/mol. The standard InChI is InChI=1S/C10H20O2/c1-5-6-7-10(3,4)9(12)8(2)11/h9,12H,5-7H2,1-4H3. The SMILES string of the molecule is CCCCC(C)(C)C(O)C(C)=O. The maximum absolute atomic E-state index is 10.9. The zero-order chi connectivity index (χ0) is 9.78. The Morgan fingerprint density at radius 1 is 1.50 bits per heavy atom. The van der Waals surface area contributed by atoms with Crippen molar-refractivity contribution in [2.75, 3.05) is 0 Å². The van der Waals surface area contributed by atoms with Gasteiger partial charge in [-0.15, -0.1) is 0 Å². The zero-order valence-corrected chi connectivity index (χ0v) is 8.55. The van der Waals surface area contributed by atoms with Crippen LogP contribution in [0, 0.1) is 5.41 Å². The number of carbonyl (C=O) groups excluding carboxylic acids is 1. The van der Waals surface area contributed by atoms with Gasteiger partial charge in [-0.25, -0.2) is 0 Å². The van der Waals surface area contributed by atoms with E-state index in [1.165, 1.54) is 6.92 Å². The summed E-state index contributed by atoms with van der Waals surface area (Å²) in [5, 5.41) is 9.53. The van der Waals surface area contributed by atoms with Crippen LogP contribution in [-0.4, -0.2) is 17.0 Å². The van der Waals surface area contributed by atoms with Gasteiger partial charge in [-0.1, -0.05) is 33.6 Å². The number of hydrogen-bond acceptors (Lipinski definition) is 2. The highest BCUT2D eigenvalue weighted by molar-refractivity contribution is 5.80. The third-order valence-electron chi connectivity index (χ3n) is 2.30. The van der Waals surface area contributed by atoms with E-state index in [1.807, 2.05) is 13.8 Å². The summed E-state index contributed by atoms with van der Waals surface area (Å²) < 4.78 is 0. The van der Waals surface area contributed by atoms with Gasteiger partial charge in [0.2, 0.25) is 0 Å². The summed E-state index contributed by atoms with van der Waals surface area (Å²) in [6.07, 6.45) is 2.28. The predicted molar refractivity (Wildman–Crippen MR) is 50.0 cm³/mol. The van der Waals surface area contributed by atoms with E-state index in [0.29, 0.717) is 0 Å². The quantitative estimate of drug-likeness (QED) is 0.690. The molecule has 0 bridgehead atoms. The molecule has 0 saturated heterocycles. The molecule has 72 valence electrons. The lowest BCUT2D eigenvalue weighted by atomic mass is 9.80. The highest BCUT2D eigenvalue weighted by Gasteiger charge is 2.30. The summed E-state index contributed by atoms with van der Waals surface area (Å²) in [7, 11) is 0. The minimum Gasteiger partial charge on any atom is -0.385 e. The van der Waals surface area contributed by atoms with E-state index in [-0.39, 0.29) is 11.2 Å². The molecule has 1 unspecified atom stereocenters. The van der Waals surface area contributed by atoms with Crippen LogP contribution in [0.5, 0.6) is 0 Å². The molecule has 0 aliphatic rings. The smallest absolute Gasteiger partial charge is 0.158 e. The molecule has 0 radical (unpaired) electrons. The molecule has 0 aromatic heterocycles. The van der Waals surface area contributed by atoms with Gasteiger partial charge >= 0.3 is 0 Å². The Kier molecular flexibility index (Phi) is 4.46. The van der Waals surface area contributed by atoms with E-state index in [1.54, 1.807) is 0 Å². The predicted octanol–water partition coefficient (Wildman–Crippen LogP) is 2.15. The summed E-state index contributed by atoms with van der Waals surface area (Å²) >= 11 is 0. The van der Waals surface area contributed by atoms with Crippen molar-refractivity contribution in [3.63, 3.8) is 0 Å². The summed E-state index contributed by atoms with van der Waals surface area (Å²) in [6, 6.07) is 0. The maximum Gasteiger partial charge on any atom is 0.158 e. The first-order chi connectivity index (χ1) is 5.41. The van der Waals surface area contributed by atoms with Gasteiger partial charge in [0, 0.05) is 0 Å². The molecule has 0 aliphatic carbocycles. The normalized spacial score (nSPS) is 14.4. The van der Waals surface area contributed by atoms with Crippen molar-refractivity contribution in [1.82, 2.24) is 0 Å². The van der Waals surface area contributed by atoms with Crippen molar-refractivity contribution in [2.24, 2.45) is 5.41 Å². The molecule has 2 nitrogen and oxygen atoms in total. The van der Waals surface area contributed by atoms with Crippen LogP contribution in [0.15, 0.2) is 0 Å². The number of aliphatic hydroxyl groups excluding tert-OH is 1. The number of rotatable bonds is 5. The van der Waals surface area contributed by atoms with E-state index in [0.717, 1.165) is 19.3 Å². The van der Waals surface area contributed by atoms with Gasteiger partial charge in [-0.2, -0.15) is 0 Å². The largest absolute Gasteiger partial charge is 0.385 e. The fourth-order valence-corrected chi connectivity index (χ4v) is 1.32. The molecule has 0 aromatic carbocycles. The molecule has 0 fully saturated rings. The van der Waals surface area contributed by atoms with E-state index < -0.39 is 6.10 Å². The van der Waals surface area contributed by atoms with Crippen LogP contribution in [0.25, 0.3) is 0 Å². The molecule has 2 heteroatoms. The van der Waals surface area contributed by atoms with Gasteiger partial charge in [0.05, 0.1) is 0 Å². The average molecular weight is 172 g/mol. The van der Waals surface area contributed by atoms with E-state index >= 15 is 0 Å². The van der Waals surface area contributed by atoms with Crippen molar-refractivity contribution < 1.29 is 9.90 Å². The van der Waals surface area contributed by atoms with Crippen LogP contribution in [-0.2, 0) is 4.79 Å². The van der Waals surface area contributed by atoms with Crippen molar-refractivity contribution in [3.05, 3.63) is 0 Å². The fourth-order valence-electron chi connectivity index (χ4n) is 1.32. The van der Waals surface area contributed by atoms with Gasteiger partial charge < -0.3 is 5.11 Å². The third-order valence-corrected chi connectivity index (χ3v) is 2.30. The third kappa shape index (κ3) is 3.35. The fraction of sp³-hybridized carbons (Fsp3) is 0.900. The van der Waals surface area contributed by atoms with Crippen molar-refractivity contribution in [2.45, 2.75) is 53.1 Å². The molecule has 0 amide bonds. The van der Waals surface area contributed by atoms with E-state index in [9.17, 15) is 9.90 Å². The van der Waals surface area contributed by atoms with Gasteiger partial charge in [0.1, 0.15) is 6.10 Å². The lowest BCUT2D eigenvalue weighted by Crippen LogP contribution is -2.35. The molecule has 0 saturated carbocycles. The van der Waals surface area contributed by atoms with Gasteiger partial charge in [0.15, 0.2) is 5.78 Å². The molecule has 0 heterocycles. The topological polar surface area (TPSA) is 37.3 Å². The first-order valence-electron chi connectivity index (χ1n) is 4.60. The summed E-state index contributed by atoms with van der Waals surface area (Å²) in [6.45, 7) is 7.43. The highest BCUT2D eigenvalue weighted by atomic mass is 16.3. The molecular formula is C10H20O2. The second-order valence-electron chi connectivity index (χ2n) is 4.11. The van der Waals surface area contributed by atoms with Crippen LogP contribution in [0.2, 0.25) is 0 Å². The Morgan fingerprint density at radius 2 is 2.00 bits per heavy atom. The molecule has 12 heavy (non-hydrogen) atoms. The number of carbonyl (C=O) groups is 1. The number of aliphatic hydroxyl groups is 1. The molecule has 0 aliphatic heterocycles. The Hall–Kier alpha value is -0.370. The second-order valence-corrected chi connectivity index (χ2v) is 4.11. The lowest BCUT2D eigenvalue weighted by Gasteiger charge is -2.28. The second kappa shape index (κ2) is 4.61. The first-order valence-corrected chi connectivity index (χ1v) is 4.60. The van der Waals surface area contributed by atoms with Crippen LogP contribution in [0.3, 0.4) is 0 Å². The number of hydrogen-bond donors (Lipinski definition) is 1. The highest BCUT2D eigenvalue weighted by Crippen LogP contribution is 2.27. The number of unbranched alkanes of at least 4 members (excludes halogenated alkanes) is 1. The van der Waals surface area contributed by atoms with Gasteiger partial charge in [-0.3, -0.25) is 4.79 Å². The molecule has 0 aromatic rings. The zero-order valence-electron chi connectivity index (χ0n) is 8.55. The van der Waals surface area contributed by atoms with Crippen LogP contribution in [0.4, 0.5) is 0 Å². The van der Waals surface area contributed by atoms with Crippen molar-refractivity contribution in [3.8, 4) is 0 Å². The average Bonchev–Trinajstić information content (AvgIpc) is 1.99. The Morgan fingerprint density at radius 3 is 2.33 bits per heavy atom. The number of ketones is 1. The van der Waals surface area contributed by atoms with Gasteiger partial charge in [0.25, 0.3) is 0 Å². The van der Waals surface area contributed by atoms with Crippen LogP contribution in [0.1, 0.15) is 47.0 Å². The minimum atomic E-state index is -0.802. The minimum absolute atomic E-state index is 0.129. The monoisotopic (exact) mass is 172 g/mol. The number of Topliss-reactive ketones (excluding diaryl/α,β-unsaturated/α-hetero) is 1. The van der Waals surface area contributed by atoms with Crippen molar-refractivity contribution >= 4 is 5.78 Å². The lowest BCUT2D eigenvalue weighted by molar-refractivity contribution is -0.131.